The van der Waals surface area contributed by atoms with Gasteiger partial charge in [-0.05, 0) is 0 Å². The van der Waals surface area contributed by atoms with Crippen LogP contribution in [0.2, 0.25) is 0 Å². The number of imide groups is 1. The van der Waals surface area contributed by atoms with Gasteiger partial charge in [0.2, 0.25) is 10.0 Å². The molecule has 0 radical (unpaired) electrons. The van der Waals surface area contributed by atoms with Crippen LogP contribution in [0.1, 0.15) is 0 Å². The van der Waals surface area contributed by atoms with Crippen LogP contribution < -0.4 is 15.8 Å². The Hall–Kier alpha value is -1.15. The number of carbonyl (C=O) groups excluding carboxylic acids is 2. The quantitative estimate of drug-likeness (QED) is 0.419. The Morgan fingerprint density at radius 3 is 2.33 bits per heavy atom. The van der Waals surface area contributed by atoms with Gasteiger partial charge in [0.25, 0.3) is 5.91 Å². The fraction of sp³-hybridized carbons (Fsp3) is 0.500. The molecule has 0 spiro atoms. The van der Waals surface area contributed by atoms with Crippen molar-refractivity contribution >= 4 is 22.0 Å². The van der Waals surface area contributed by atoms with E-state index in [0.29, 0.717) is 0 Å². The molecule has 0 bridgehead atoms. The molecule has 3 amide bonds. The van der Waals surface area contributed by atoms with Crippen LogP contribution in [0.15, 0.2) is 0 Å². The normalized spacial score (nSPS) is 23.6. The third kappa shape index (κ3) is 2.17. The lowest BCUT2D eigenvalue weighted by Crippen LogP contribution is -2.38. The minimum absolute atomic E-state index is 0.579. The summed E-state index contributed by atoms with van der Waals surface area (Å²) in [7, 11) is -3.74. The molecule has 1 heterocycles. The SMILES string of the molecule is NS(=O)(=O)C[C@H]1NC(=O)NC1=O. The zero-order valence-electron chi connectivity index (χ0n) is 5.90. The molecule has 1 saturated heterocycles. The van der Waals surface area contributed by atoms with Crippen molar-refractivity contribution in [3.8, 4) is 0 Å². The number of rotatable bonds is 2. The number of nitrogens with one attached hydrogen (secondary N) is 2. The molecular weight excluding hydrogens is 186 g/mol. The molecule has 0 unspecified atom stereocenters. The Bertz CT molecular complexity index is 321. The zero-order valence-corrected chi connectivity index (χ0v) is 6.72. The summed E-state index contributed by atoms with van der Waals surface area (Å²) in [4.78, 5) is 21.2. The van der Waals surface area contributed by atoms with Crippen LogP contribution in [0, 0.1) is 0 Å². The number of amides is 3. The van der Waals surface area contributed by atoms with E-state index in [-0.39, 0.29) is 0 Å². The van der Waals surface area contributed by atoms with Crippen molar-refractivity contribution in [3.05, 3.63) is 0 Å². The van der Waals surface area contributed by atoms with Crippen molar-refractivity contribution in [2.24, 2.45) is 5.14 Å². The molecule has 8 heteroatoms. The minimum atomic E-state index is -3.74. The second-order valence-corrected chi connectivity index (χ2v) is 4.00. The maximum Gasteiger partial charge on any atom is 0.322 e. The van der Waals surface area contributed by atoms with Crippen LogP contribution in [-0.4, -0.2) is 32.2 Å². The Kier molecular flexibility index (Phi) is 2.02. The lowest BCUT2D eigenvalue weighted by molar-refractivity contribution is -0.119. The van der Waals surface area contributed by atoms with Crippen LogP contribution in [0.4, 0.5) is 4.79 Å². The van der Waals surface area contributed by atoms with E-state index >= 15 is 0 Å². The van der Waals surface area contributed by atoms with E-state index in [1.165, 1.54) is 0 Å². The highest BCUT2D eigenvalue weighted by Crippen LogP contribution is 1.95. The molecule has 1 rings (SSSR count). The van der Waals surface area contributed by atoms with Gasteiger partial charge in [-0.15, -0.1) is 0 Å². The first kappa shape index (κ1) is 8.94. The van der Waals surface area contributed by atoms with Gasteiger partial charge in [0.05, 0.1) is 5.75 Å². The molecular formula is C4H7N3O4S. The number of hydrogen-bond acceptors (Lipinski definition) is 4. The Morgan fingerprint density at radius 2 is 2.00 bits per heavy atom. The number of carbonyl (C=O) groups is 2. The maximum atomic E-state index is 10.7. The average molecular weight is 193 g/mol. The van der Waals surface area contributed by atoms with E-state index in [1.807, 2.05) is 5.32 Å². The largest absolute Gasteiger partial charge is 0.325 e. The number of hydrogen-bond donors (Lipinski definition) is 3. The van der Waals surface area contributed by atoms with Gasteiger partial charge >= 0.3 is 6.03 Å². The molecule has 0 aromatic heterocycles. The van der Waals surface area contributed by atoms with Gasteiger partial charge in [0.1, 0.15) is 6.04 Å². The van der Waals surface area contributed by atoms with Crippen molar-refractivity contribution in [1.82, 2.24) is 10.6 Å². The predicted octanol–water partition coefficient (Wildman–Crippen LogP) is -2.52. The summed E-state index contributed by atoms with van der Waals surface area (Å²) >= 11 is 0. The minimum Gasteiger partial charge on any atom is -0.325 e. The summed E-state index contributed by atoms with van der Waals surface area (Å²) in [6.07, 6.45) is 0. The van der Waals surface area contributed by atoms with Crippen molar-refractivity contribution < 1.29 is 18.0 Å². The van der Waals surface area contributed by atoms with E-state index in [0.717, 1.165) is 0 Å². The van der Waals surface area contributed by atoms with Gasteiger partial charge in [-0.25, -0.2) is 18.4 Å². The van der Waals surface area contributed by atoms with Crippen LogP contribution in [0.5, 0.6) is 0 Å². The third-order valence-electron chi connectivity index (χ3n) is 1.26. The van der Waals surface area contributed by atoms with Gasteiger partial charge < -0.3 is 5.32 Å². The van der Waals surface area contributed by atoms with E-state index in [2.05, 4.69) is 10.5 Å². The summed E-state index contributed by atoms with van der Waals surface area (Å²) in [5, 5.41) is 8.65. The van der Waals surface area contributed by atoms with Gasteiger partial charge in [-0.1, -0.05) is 0 Å². The Balaban J connectivity index is 2.67. The lowest BCUT2D eigenvalue weighted by Gasteiger charge is -2.03. The molecule has 0 aliphatic carbocycles. The second-order valence-electron chi connectivity index (χ2n) is 2.34. The molecule has 1 aliphatic heterocycles. The summed E-state index contributed by atoms with van der Waals surface area (Å²) in [6, 6.07) is -1.76. The topological polar surface area (TPSA) is 118 Å². The molecule has 1 aliphatic rings. The van der Waals surface area contributed by atoms with E-state index in [4.69, 9.17) is 0 Å². The van der Waals surface area contributed by atoms with E-state index in [1.54, 1.807) is 0 Å². The van der Waals surface area contributed by atoms with Crippen molar-refractivity contribution in [3.63, 3.8) is 0 Å². The average Bonchev–Trinajstić information content (AvgIpc) is 2.06. The molecule has 0 aromatic carbocycles. The van der Waals surface area contributed by atoms with E-state index in [9.17, 15) is 18.0 Å². The van der Waals surface area contributed by atoms with Crippen LogP contribution in [-0.2, 0) is 14.8 Å². The molecule has 0 aromatic rings. The molecule has 1 fully saturated rings. The van der Waals surface area contributed by atoms with Gasteiger partial charge in [0, 0.05) is 0 Å². The lowest BCUT2D eigenvalue weighted by atomic mass is 10.3. The fourth-order valence-electron chi connectivity index (χ4n) is 0.809. The molecule has 12 heavy (non-hydrogen) atoms. The summed E-state index contributed by atoms with van der Waals surface area (Å²) < 4.78 is 21.0. The van der Waals surface area contributed by atoms with Crippen LogP contribution in [0.25, 0.3) is 0 Å². The third-order valence-corrected chi connectivity index (χ3v) is 2.06. The van der Waals surface area contributed by atoms with Gasteiger partial charge in [-0.2, -0.15) is 0 Å². The van der Waals surface area contributed by atoms with Crippen molar-refractivity contribution in [2.45, 2.75) is 6.04 Å². The monoisotopic (exact) mass is 193 g/mol. The summed E-state index contributed by atoms with van der Waals surface area (Å²) in [5.41, 5.74) is 0. The zero-order chi connectivity index (χ0) is 9.35. The fourth-order valence-corrected chi connectivity index (χ4v) is 1.51. The Labute approximate surface area is 68.4 Å². The maximum absolute atomic E-state index is 10.7. The van der Waals surface area contributed by atoms with Gasteiger partial charge in [-0.3, -0.25) is 10.1 Å². The molecule has 68 valence electrons. The molecule has 0 saturated carbocycles. The predicted molar refractivity (Wildman–Crippen MR) is 38.4 cm³/mol. The van der Waals surface area contributed by atoms with Crippen molar-refractivity contribution in [1.29, 1.82) is 0 Å². The standard InChI is InChI=1S/C4H7N3O4S/c5-12(10,11)1-2-3(8)7-4(9)6-2/h2H,1H2,(H2,5,10,11)(H2,6,7,8,9)/t2-/m1/s1. The van der Waals surface area contributed by atoms with E-state index < -0.39 is 33.8 Å². The molecule has 7 nitrogen and oxygen atoms in total. The number of urea groups is 1. The number of primary sulfonamides is 1. The number of sulfonamides is 1. The van der Waals surface area contributed by atoms with Crippen LogP contribution >= 0.6 is 0 Å². The first-order chi connectivity index (χ1) is 5.38. The second kappa shape index (κ2) is 2.72. The highest BCUT2D eigenvalue weighted by atomic mass is 32.2. The number of nitrogens with two attached hydrogens (primary N) is 1. The van der Waals surface area contributed by atoms with Crippen molar-refractivity contribution in [2.75, 3.05) is 5.75 Å². The molecule has 1 atom stereocenters. The smallest absolute Gasteiger partial charge is 0.322 e. The van der Waals surface area contributed by atoms with Crippen LogP contribution in [0.3, 0.4) is 0 Å². The van der Waals surface area contributed by atoms with Gasteiger partial charge in [0.15, 0.2) is 0 Å². The summed E-state index contributed by atoms with van der Waals surface area (Å²) in [5.74, 6) is -1.25. The highest BCUT2D eigenvalue weighted by molar-refractivity contribution is 7.89. The highest BCUT2D eigenvalue weighted by Gasteiger charge is 2.32. The summed E-state index contributed by atoms with van der Waals surface area (Å²) in [6.45, 7) is 0. The Morgan fingerprint density at radius 1 is 1.42 bits per heavy atom. The first-order valence-electron chi connectivity index (χ1n) is 3.00. The first-order valence-corrected chi connectivity index (χ1v) is 4.72. The molecule has 4 N–H and O–H groups in total.